The molecule has 2 heterocycles. The van der Waals surface area contributed by atoms with Crippen molar-refractivity contribution < 1.29 is 19.3 Å². The number of nitrogens with one attached hydrogen (secondary N) is 2. The Bertz CT molecular complexity index is 512. The Morgan fingerprint density at radius 3 is 2.58 bits per heavy atom. The SMILES string of the molecule is CCOC(=O)[C@@H]1CCC[NH+](C2CC[NH+](Cc3ccccc3)CC2)C1. The van der Waals surface area contributed by atoms with Crippen LogP contribution in [-0.2, 0) is 16.1 Å². The van der Waals surface area contributed by atoms with Gasteiger partial charge in [0.25, 0.3) is 0 Å². The van der Waals surface area contributed by atoms with Gasteiger partial charge in [-0.15, -0.1) is 0 Å². The highest BCUT2D eigenvalue weighted by Crippen LogP contribution is 2.11. The molecule has 0 saturated carbocycles. The number of hydrogen-bond acceptors (Lipinski definition) is 2. The summed E-state index contributed by atoms with van der Waals surface area (Å²) in [6.07, 6.45) is 4.75. The van der Waals surface area contributed by atoms with Crippen LogP contribution in [-0.4, -0.2) is 44.8 Å². The highest BCUT2D eigenvalue weighted by molar-refractivity contribution is 5.72. The maximum absolute atomic E-state index is 12.0. The van der Waals surface area contributed by atoms with Crippen LogP contribution in [0.25, 0.3) is 0 Å². The van der Waals surface area contributed by atoms with Crippen LogP contribution < -0.4 is 9.80 Å². The Labute approximate surface area is 145 Å². The van der Waals surface area contributed by atoms with E-state index in [0.29, 0.717) is 6.61 Å². The number of esters is 1. The first-order valence-electron chi connectivity index (χ1n) is 9.65. The second kappa shape index (κ2) is 8.63. The van der Waals surface area contributed by atoms with Gasteiger partial charge in [-0.2, -0.15) is 0 Å². The van der Waals surface area contributed by atoms with Gasteiger partial charge in [-0.25, -0.2) is 0 Å². The molecule has 0 bridgehead atoms. The highest BCUT2D eigenvalue weighted by atomic mass is 16.5. The Morgan fingerprint density at radius 1 is 1.12 bits per heavy atom. The second-order valence-corrected chi connectivity index (χ2v) is 7.39. The van der Waals surface area contributed by atoms with Crippen LogP contribution in [0.15, 0.2) is 30.3 Å². The molecule has 4 nitrogen and oxygen atoms in total. The molecule has 3 rings (SSSR count). The van der Waals surface area contributed by atoms with Crippen LogP contribution in [0.2, 0.25) is 0 Å². The van der Waals surface area contributed by atoms with Gasteiger partial charge in [0.1, 0.15) is 12.5 Å². The lowest BCUT2D eigenvalue weighted by atomic mass is 9.94. The van der Waals surface area contributed by atoms with E-state index < -0.39 is 0 Å². The van der Waals surface area contributed by atoms with Crippen molar-refractivity contribution >= 4 is 5.97 Å². The van der Waals surface area contributed by atoms with Gasteiger partial charge in [-0.3, -0.25) is 4.79 Å². The third-order valence-corrected chi connectivity index (χ3v) is 5.75. The summed E-state index contributed by atoms with van der Waals surface area (Å²) in [6, 6.07) is 11.6. The van der Waals surface area contributed by atoms with E-state index in [0.717, 1.165) is 32.0 Å². The Kier molecular flexibility index (Phi) is 6.27. The summed E-state index contributed by atoms with van der Waals surface area (Å²) < 4.78 is 5.24. The van der Waals surface area contributed by atoms with Gasteiger partial charge in [-0.1, -0.05) is 30.3 Å². The van der Waals surface area contributed by atoms with E-state index in [9.17, 15) is 4.79 Å². The molecule has 0 aromatic heterocycles. The second-order valence-electron chi connectivity index (χ2n) is 7.39. The molecule has 1 aromatic rings. The molecule has 2 aliphatic rings. The van der Waals surface area contributed by atoms with Crippen molar-refractivity contribution in [3.8, 4) is 0 Å². The minimum Gasteiger partial charge on any atom is -0.466 e. The molecule has 2 saturated heterocycles. The van der Waals surface area contributed by atoms with Gasteiger partial charge in [0.05, 0.1) is 38.8 Å². The van der Waals surface area contributed by atoms with E-state index in [1.54, 1.807) is 9.80 Å². The molecular formula is C20H32N2O2+2. The fourth-order valence-electron chi connectivity index (χ4n) is 4.42. The zero-order valence-corrected chi connectivity index (χ0v) is 14.9. The van der Waals surface area contributed by atoms with Crippen LogP contribution in [0, 0.1) is 5.92 Å². The number of ether oxygens (including phenoxy) is 1. The summed E-state index contributed by atoms with van der Waals surface area (Å²) in [6.45, 7) is 8.28. The molecule has 132 valence electrons. The third kappa shape index (κ3) is 4.58. The Hall–Kier alpha value is -1.39. The quantitative estimate of drug-likeness (QED) is 0.750. The number of carbonyl (C=O) groups is 1. The molecule has 0 aliphatic carbocycles. The van der Waals surface area contributed by atoms with Crippen molar-refractivity contribution in [1.29, 1.82) is 0 Å². The van der Waals surface area contributed by atoms with Crippen molar-refractivity contribution in [3.63, 3.8) is 0 Å². The monoisotopic (exact) mass is 332 g/mol. The summed E-state index contributed by atoms with van der Waals surface area (Å²) in [5, 5.41) is 0. The number of rotatable bonds is 5. The van der Waals surface area contributed by atoms with E-state index >= 15 is 0 Å². The van der Waals surface area contributed by atoms with E-state index in [-0.39, 0.29) is 11.9 Å². The lowest BCUT2D eigenvalue weighted by Crippen LogP contribution is -3.21. The fraction of sp³-hybridized carbons (Fsp3) is 0.650. The average Bonchev–Trinajstić information content (AvgIpc) is 2.63. The first-order chi connectivity index (χ1) is 11.8. The van der Waals surface area contributed by atoms with E-state index in [1.165, 1.54) is 38.0 Å². The first-order valence-corrected chi connectivity index (χ1v) is 9.65. The number of likely N-dealkylation sites (tertiary alicyclic amines) is 2. The maximum atomic E-state index is 12.0. The van der Waals surface area contributed by atoms with Crippen molar-refractivity contribution in [3.05, 3.63) is 35.9 Å². The lowest BCUT2D eigenvalue weighted by molar-refractivity contribution is -0.967. The van der Waals surface area contributed by atoms with E-state index in [1.807, 2.05) is 6.92 Å². The minimum absolute atomic E-state index is 0.0295. The van der Waals surface area contributed by atoms with Crippen LogP contribution in [0.4, 0.5) is 0 Å². The normalized spacial score (nSPS) is 30.7. The van der Waals surface area contributed by atoms with Gasteiger partial charge in [0.15, 0.2) is 0 Å². The standard InChI is InChI=1S/C20H30N2O2/c1-2-24-20(23)18-9-6-12-22(16-18)19-10-13-21(14-11-19)15-17-7-4-3-5-8-17/h3-5,7-8,18-19H,2,6,9-16H2,1H3/p+2/t18-/m1/s1. The van der Waals surface area contributed by atoms with E-state index in [2.05, 4.69) is 30.3 Å². The first kappa shape index (κ1) is 17.4. The largest absolute Gasteiger partial charge is 0.466 e. The average molecular weight is 332 g/mol. The Balaban J connectivity index is 1.46. The summed E-state index contributed by atoms with van der Waals surface area (Å²) in [7, 11) is 0. The predicted octanol–water partition coefficient (Wildman–Crippen LogP) is 0.0919. The van der Waals surface area contributed by atoms with Gasteiger partial charge in [0, 0.05) is 18.4 Å². The van der Waals surface area contributed by atoms with Crippen LogP contribution in [0.1, 0.15) is 38.2 Å². The van der Waals surface area contributed by atoms with Crippen molar-refractivity contribution in [2.24, 2.45) is 5.92 Å². The van der Waals surface area contributed by atoms with Gasteiger partial charge in [0.2, 0.25) is 0 Å². The third-order valence-electron chi connectivity index (χ3n) is 5.75. The highest BCUT2D eigenvalue weighted by Gasteiger charge is 2.36. The zero-order chi connectivity index (χ0) is 16.8. The molecule has 2 fully saturated rings. The lowest BCUT2D eigenvalue weighted by Gasteiger charge is -2.38. The molecule has 2 atom stereocenters. The molecule has 1 unspecified atom stereocenters. The molecule has 24 heavy (non-hydrogen) atoms. The van der Waals surface area contributed by atoms with Crippen molar-refractivity contribution in [2.75, 3.05) is 32.8 Å². The molecule has 1 aromatic carbocycles. The van der Waals surface area contributed by atoms with Crippen molar-refractivity contribution in [2.45, 2.75) is 45.2 Å². The summed E-state index contributed by atoms with van der Waals surface area (Å²) in [5.41, 5.74) is 1.44. The van der Waals surface area contributed by atoms with Gasteiger partial charge >= 0.3 is 5.97 Å². The van der Waals surface area contributed by atoms with Crippen LogP contribution in [0.3, 0.4) is 0 Å². The molecule has 4 heteroatoms. The smallest absolute Gasteiger partial charge is 0.314 e. The molecule has 0 amide bonds. The Morgan fingerprint density at radius 2 is 1.88 bits per heavy atom. The topological polar surface area (TPSA) is 35.2 Å². The van der Waals surface area contributed by atoms with E-state index in [4.69, 9.17) is 4.74 Å². The molecule has 0 radical (unpaired) electrons. The molecule has 2 aliphatic heterocycles. The molecule has 2 N–H and O–H groups in total. The van der Waals surface area contributed by atoms with Crippen LogP contribution >= 0.6 is 0 Å². The molecule has 0 spiro atoms. The maximum Gasteiger partial charge on any atom is 0.314 e. The van der Waals surface area contributed by atoms with Crippen LogP contribution in [0.5, 0.6) is 0 Å². The summed E-state index contributed by atoms with van der Waals surface area (Å²) in [4.78, 5) is 15.4. The number of hydrogen-bond donors (Lipinski definition) is 2. The fourth-order valence-corrected chi connectivity index (χ4v) is 4.42. The molecular weight excluding hydrogens is 300 g/mol. The number of quaternary nitrogens is 2. The minimum atomic E-state index is 0.0295. The number of benzene rings is 1. The predicted molar refractivity (Wildman–Crippen MR) is 93.9 cm³/mol. The van der Waals surface area contributed by atoms with Crippen molar-refractivity contribution in [1.82, 2.24) is 0 Å². The number of piperidine rings is 2. The summed E-state index contributed by atoms with van der Waals surface area (Å²) in [5.74, 6) is 0.158. The van der Waals surface area contributed by atoms with Gasteiger partial charge in [-0.05, 0) is 19.8 Å². The number of carbonyl (C=O) groups excluding carboxylic acids is 1. The van der Waals surface area contributed by atoms with Gasteiger partial charge < -0.3 is 14.5 Å². The summed E-state index contributed by atoms with van der Waals surface area (Å²) >= 11 is 0. The zero-order valence-electron chi connectivity index (χ0n) is 14.9.